The molecule has 7 heteroatoms. The smallest absolute Gasteiger partial charge is 0.227 e. The Bertz CT molecular complexity index is 775. The molecule has 0 radical (unpaired) electrons. The summed E-state index contributed by atoms with van der Waals surface area (Å²) in [4.78, 5) is 14.4. The Labute approximate surface area is 152 Å². The van der Waals surface area contributed by atoms with Crippen LogP contribution in [0.5, 0.6) is 0 Å². The number of rotatable bonds is 4. The fourth-order valence-corrected chi connectivity index (χ4v) is 4.81. The Hall–Kier alpha value is -1.91. The molecule has 0 aromatic carbocycles. The van der Waals surface area contributed by atoms with Gasteiger partial charge in [-0.05, 0) is 50.2 Å². The second kappa shape index (κ2) is 7.14. The minimum Gasteiger partial charge on any atom is -0.351 e. The first kappa shape index (κ1) is 16.6. The molecule has 0 saturated carbocycles. The lowest BCUT2D eigenvalue weighted by molar-refractivity contribution is 0.440. The summed E-state index contributed by atoms with van der Waals surface area (Å²) in [6.07, 6.45) is 5.01. The fraction of sp³-hybridized carbons (Fsp3) is 0.611. The molecule has 4 heterocycles. The largest absolute Gasteiger partial charge is 0.351 e. The molecule has 2 fully saturated rings. The van der Waals surface area contributed by atoms with Gasteiger partial charge in [0.1, 0.15) is 0 Å². The Morgan fingerprint density at radius 2 is 2.20 bits per heavy atom. The van der Waals surface area contributed by atoms with Crippen molar-refractivity contribution < 1.29 is 0 Å². The van der Waals surface area contributed by atoms with Gasteiger partial charge < -0.3 is 15.1 Å². The van der Waals surface area contributed by atoms with Crippen molar-refractivity contribution in [3.8, 4) is 6.07 Å². The van der Waals surface area contributed by atoms with Crippen LogP contribution in [0.1, 0.15) is 32.1 Å². The zero-order valence-corrected chi connectivity index (χ0v) is 15.4. The van der Waals surface area contributed by atoms with Gasteiger partial charge in [-0.15, -0.1) is 11.3 Å². The summed E-state index contributed by atoms with van der Waals surface area (Å²) in [7, 11) is 2.12. The van der Waals surface area contributed by atoms with Crippen LogP contribution in [0.15, 0.2) is 11.4 Å². The first-order valence-corrected chi connectivity index (χ1v) is 9.98. The highest BCUT2D eigenvalue weighted by Gasteiger charge is 2.29. The van der Waals surface area contributed by atoms with E-state index in [0.29, 0.717) is 12.5 Å². The number of thiophene rings is 1. The Balaban J connectivity index is 1.71. The fourth-order valence-electron chi connectivity index (χ4n) is 3.98. The van der Waals surface area contributed by atoms with Crippen LogP contribution in [0, 0.1) is 11.3 Å². The van der Waals surface area contributed by atoms with Crippen molar-refractivity contribution in [2.75, 3.05) is 36.5 Å². The Morgan fingerprint density at radius 3 is 3.00 bits per heavy atom. The van der Waals surface area contributed by atoms with E-state index in [2.05, 4.69) is 39.7 Å². The summed E-state index contributed by atoms with van der Waals surface area (Å²) in [5, 5.41) is 14.7. The number of piperidine rings is 1. The topological polar surface area (TPSA) is 68.1 Å². The first-order chi connectivity index (χ1) is 12.3. The molecular formula is C18H24N6S. The van der Waals surface area contributed by atoms with Crippen molar-refractivity contribution >= 4 is 33.3 Å². The summed E-state index contributed by atoms with van der Waals surface area (Å²) in [5.74, 6) is 1.84. The average molecular weight is 356 g/mol. The average Bonchev–Trinajstić information content (AvgIpc) is 3.30. The van der Waals surface area contributed by atoms with E-state index in [-0.39, 0.29) is 6.04 Å². The summed E-state index contributed by atoms with van der Waals surface area (Å²) in [5.41, 5.74) is 1.02. The van der Waals surface area contributed by atoms with Crippen LogP contribution >= 0.6 is 11.3 Å². The third-order valence-electron chi connectivity index (χ3n) is 5.42. The minimum absolute atomic E-state index is 0.280. The summed E-state index contributed by atoms with van der Waals surface area (Å²) >= 11 is 1.70. The highest BCUT2D eigenvalue weighted by molar-refractivity contribution is 7.17. The van der Waals surface area contributed by atoms with E-state index in [9.17, 15) is 0 Å². The molecule has 0 bridgehead atoms. The number of nitrogens with one attached hydrogen (secondary N) is 1. The third kappa shape index (κ3) is 3.16. The van der Waals surface area contributed by atoms with E-state index in [1.165, 1.54) is 0 Å². The summed E-state index contributed by atoms with van der Waals surface area (Å²) in [6, 6.07) is 5.19. The maximum absolute atomic E-state index is 9.16. The Morgan fingerprint density at radius 1 is 1.36 bits per heavy atom. The van der Waals surface area contributed by atoms with E-state index in [4.69, 9.17) is 15.2 Å². The van der Waals surface area contributed by atoms with Crippen LogP contribution in [0.4, 0.5) is 11.8 Å². The second-order valence-corrected chi connectivity index (χ2v) is 7.84. The molecular weight excluding hydrogens is 332 g/mol. The Kier molecular flexibility index (Phi) is 4.73. The molecule has 0 spiro atoms. The minimum atomic E-state index is 0.280. The SMILES string of the molecule is CN(c1nc(N2CCC[C@H]2CC#N)c2sccc2n1)C1CCNCC1. The van der Waals surface area contributed by atoms with Crippen molar-refractivity contribution in [3.63, 3.8) is 0 Å². The highest BCUT2D eigenvalue weighted by Crippen LogP contribution is 2.35. The van der Waals surface area contributed by atoms with Crippen molar-refractivity contribution in [1.82, 2.24) is 15.3 Å². The van der Waals surface area contributed by atoms with Crippen LogP contribution in [-0.2, 0) is 0 Å². The molecule has 2 aliphatic heterocycles. The van der Waals surface area contributed by atoms with E-state index < -0.39 is 0 Å². The van der Waals surface area contributed by atoms with Gasteiger partial charge in [-0.3, -0.25) is 0 Å². The van der Waals surface area contributed by atoms with Crippen molar-refractivity contribution in [3.05, 3.63) is 11.4 Å². The lowest BCUT2D eigenvalue weighted by Gasteiger charge is -2.32. The van der Waals surface area contributed by atoms with Gasteiger partial charge in [0.15, 0.2) is 5.82 Å². The maximum atomic E-state index is 9.16. The van der Waals surface area contributed by atoms with Crippen LogP contribution in [0.2, 0.25) is 0 Å². The van der Waals surface area contributed by atoms with Crippen LogP contribution in [0.25, 0.3) is 10.2 Å². The van der Waals surface area contributed by atoms with Crippen molar-refractivity contribution in [2.45, 2.75) is 44.2 Å². The van der Waals surface area contributed by atoms with Crippen LogP contribution in [-0.4, -0.2) is 48.7 Å². The van der Waals surface area contributed by atoms with E-state index in [1.807, 2.05) is 0 Å². The zero-order chi connectivity index (χ0) is 17.2. The van der Waals surface area contributed by atoms with E-state index in [1.54, 1.807) is 11.3 Å². The summed E-state index contributed by atoms with van der Waals surface area (Å²) < 4.78 is 1.15. The van der Waals surface area contributed by atoms with Gasteiger partial charge in [-0.25, -0.2) is 4.98 Å². The van der Waals surface area contributed by atoms with Crippen LogP contribution < -0.4 is 15.1 Å². The van der Waals surface area contributed by atoms with Gasteiger partial charge in [0.2, 0.25) is 5.95 Å². The monoisotopic (exact) mass is 356 g/mol. The zero-order valence-electron chi connectivity index (χ0n) is 14.6. The summed E-state index contributed by atoms with van der Waals surface area (Å²) in [6.45, 7) is 3.09. The lowest BCUT2D eigenvalue weighted by atomic mass is 10.1. The standard InChI is InChI=1S/C18H24N6S/c1-23(13-5-9-20-10-6-13)18-21-15-7-12-25-16(15)17(22-18)24-11-2-3-14(24)4-8-19/h7,12-14,20H,2-6,9-11H2,1H3/t14-/m0/s1. The molecule has 0 amide bonds. The quantitative estimate of drug-likeness (QED) is 0.908. The van der Waals surface area contributed by atoms with Gasteiger partial charge >= 0.3 is 0 Å². The van der Waals surface area contributed by atoms with Crippen LogP contribution in [0.3, 0.4) is 0 Å². The van der Waals surface area contributed by atoms with Gasteiger partial charge in [-0.1, -0.05) is 0 Å². The molecule has 2 aromatic heterocycles. The molecule has 0 unspecified atom stereocenters. The molecule has 25 heavy (non-hydrogen) atoms. The van der Waals surface area contributed by atoms with E-state index in [0.717, 1.165) is 67.3 Å². The number of nitrogens with zero attached hydrogens (tertiary/aromatic N) is 5. The predicted octanol–water partition coefficient (Wildman–Crippen LogP) is 2.76. The van der Waals surface area contributed by atoms with Gasteiger partial charge in [0.25, 0.3) is 0 Å². The molecule has 2 saturated heterocycles. The predicted molar refractivity (Wildman–Crippen MR) is 102 cm³/mol. The lowest BCUT2D eigenvalue weighted by Crippen LogP contribution is -2.42. The highest BCUT2D eigenvalue weighted by atomic mass is 32.1. The van der Waals surface area contributed by atoms with Gasteiger partial charge in [0, 0.05) is 25.7 Å². The van der Waals surface area contributed by atoms with Gasteiger partial charge in [-0.2, -0.15) is 10.2 Å². The first-order valence-electron chi connectivity index (χ1n) is 9.10. The normalized spacial score (nSPS) is 21.6. The second-order valence-electron chi connectivity index (χ2n) is 6.93. The number of nitriles is 1. The molecule has 4 rings (SSSR count). The number of anilines is 2. The molecule has 6 nitrogen and oxygen atoms in total. The number of fused-ring (bicyclic) bond motifs is 1. The number of hydrogen-bond donors (Lipinski definition) is 1. The van der Waals surface area contributed by atoms with E-state index >= 15 is 0 Å². The molecule has 2 aliphatic rings. The molecule has 2 aromatic rings. The molecule has 1 N–H and O–H groups in total. The molecule has 132 valence electrons. The van der Waals surface area contributed by atoms with Crippen molar-refractivity contribution in [1.29, 1.82) is 5.26 Å². The molecule has 1 atom stereocenters. The maximum Gasteiger partial charge on any atom is 0.227 e. The van der Waals surface area contributed by atoms with Gasteiger partial charge in [0.05, 0.1) is 22.7 Å². The third-order valence-corrected chi connectivity index (χ3v) is 6.32. The number of aromatic nitrogens is 2. The number of hydrogen-bond acceptors (Lipinski definition) is 7. The van der Waals surface area contributed by atoms with Crippen molar-refractivity contribution in [2.24, 2.45) is 0 Å². The molecule has 0 aliphatic carbocycles.